The van der Waals surface area contributed by atoms with E-state index in [9.17, 15) is 0 Å². The first-order valence-corrected chi connectivity index (χ1v) is 6.80. The maximum Gasteiger partial charge on any atom is 0.0293 e. The van der Waals surface area contributed by atoms with Gasteiger partial charge in [-0.2, -0.15) is 0 Å². The van der Waals surface area contributed by atoms with E-state index in [0.29, 0.717) is 12.1 Å². The smallest absolute Gasteiger partial charge is 0.0293 e. The maximum atomic E-state index is 4.05. The third-order valence-corrected chi connectivity index (χ3v) is 3.34. The molecule has 18 heavy (non-hydrogen) atoms. The quantitative estimate of drug-likeness (QED) is 0.805. The van der Waals surface area contributed by atoms with Crippen LogP contribution in [-0.4, -0.2) is 36.6 Å². The van der Waals surface area contributed by atoms with Crippen LogP contribution >= 0.6 is 0 Å². The van der Waals surface area contributed by atoms with Gasteiger partial charge in [0.15, 0.2) is 0 Å². The zero-order chi connectivity index (χ0) is 13.5. The molecule has 3 heteroatoms. The molecule has 1 aromatic rings. The first-order chi connectivity index (χ1) is 8.50. The number of rotatable bonds is 7. The van der Waals surface area contributed by atoms with Crippen molar-refractivity contribution >= 4 is 0 Å². The molecule has 0 bridgehead atoms. The summed E-state index contributed by atoms with van der Waals surface area (Å²) < 4.78 is 0. The normalized spacial score (nSPS) is 15.1. The predicted octanol–water partition coefficient (Wildman–Crippen LogP) is 2.71. The highest BCUT2D eigenvalue weighted by molar-refractivity contribution is 5.13. The lowest BCUT2D eigenvalue weighted by Gasteiger charge is -2.28. The van der Waals surface area contributed by atoms with Crippen LogP contribution in [0.1, 0.15) is 38.8 Å². The predicted molar refractivity (Wildman–Crippen MR) is 77.6 cm³/mol. The van der Waals surface area contributed by atoms with Gasteiger partial charge in [-0.1, -0.05) is 13.8 Å². The Morgan fingerprint density at radius 2 is 1.78 bits per heavy atom. The van der Waals surface area contributed by atoms with Crippen LogP contribution in [0.5, 0.6) is 0 Å². The molecule has 1 rings (SSSR count). The molecular weight excluding hydrogens is 222 g/mol. The SMILES string of the molecule is CC(C)CC(CNC(C)c1ccncc1)N(C)C. The first kappa shape index (κ1) is 15.1. The Hall–Kier alpha value is -0.930. The van der Waals surface area contributed by atoms with E-state index in [4.69, 9.17) is 0 Å². The molecule has 3 nitrogen and oxygen atoms in total. The van der Waals surface area contributed by atoms with Crippen LogP contribution in [0, 0.1) is 5.92 Å². The number of pyridine rings is 1. The summed E-state index contributed by atoms with van der Waals surface area (Å²) in [6, 6.07) is 5.12. The minimum Gasteiger partial charge on any atom is -0.309 e. The van der Waals surface area contributed by atoms with Gasteiger partial charge in [0.2, 0.25) is 0 Å². The standard InChI is InChI=1S/C15H27N3/c1-12(2)10-15(18(4)5)11-17-13(3)14-6-8-16-9-7-14/h6-9,12-13,15,17H,10-11H2,1-5H3. The maximum absolute atomic E-state index is 4.05. The number of nitrogens with zero attached hydrogens (tertiary/aromatic N) is 2. The zero-order valence-corrected chi connectivity index (χ0v) is 12.4. The molecule has 1 heterocycles. The van der Waals surface area contributed by atoms with Crippen LogP contribution in [-0.2, 0) is 0 Å². The minimum absolute atomic E-state index is 0.377. The van der Waals surface area contributed by atoms with Gasteiger partial charge in [-0.25, -0.2) is 0 Å². The van der Waals surface area contributed by atoms with Crippen LogP contribution in [0.25, 0.3) is 0 Å². The summed E-state index contributed by atoms with van der Waals surface area (Å²) in [6.45, 7) is 7.79. The molecule has 2 atom stereocenters. The Labute approximate surface area is 112 Å². The molecule has 0 fully saturated rings. The van der Waals surface area contributed by atoms with Gasteiger partial charge in [0.25, 0.3) is 0 Å². The second-order valence-corrected chi connectivity index (χ2v) is 5.66. The molecule has 1 aromatic heterocycles. The molecule has 0 amide bonds. The molecule has 0 aromatic carbocycles. The number of hydrogen-bond acceptors (Lipinski definition) is 3. The summed E-state index contributed by atoms with van der Waals surface area (Å²) in [5.74, 6) is 0.732. The third kappa shape index (κ3) is 5.15. The van der Waals surface area contributed by atoms with Crippen molar-refractivity contribution in [3.8, 4) is 0 Å². The molecular formula is C15H27N3. The van der Waals surface area contributed by atoms with Gasteiger partial charge in [-0.05, 0) is 51.1 Å². The Morgan fingerprint density at radius 1 is 1.17 bits per heavy atom. The van der Waals surface area contributed by atoms with E-state index in [2.05, 4.69) is 62.2 Å². The Morgan fingerprint density at radius 3 is 2.28 bits per heavy atom. The van der Waals surface area contributed by atoms with E-state index in [1.807, 2.05) is 12.4 Å². The van der Waals surface area contributed by atoms with Crippen molar-refractivity contribution in [3.05, 3.63) is 30.1 Å². The monoisotopic (exact) mass is 249 g/mol. The molecule has 0 aliphatic rings. The fraction of sp³-hybridized carbons (Fsp3) is 0.667. The van der Waals surface area contributed by atoms with Crippen LogP contribution in [0.3, 0.4) is 0 Å². The summed E-state index contributed by atoms with van der Waals surface area (Å²) in [5, 5.41) is 3.62. The summed E-state index contributed by atoms with van der Waals surface area (Å²) in [6.07, 6.45) is 4.93. The van der Waals surface area contributed by atoms with E-state index in [0.717, 1.165) is 12.5 Å². The van der Waals surface area contributed by atoms with Crippen molar-refractivity contribution in [3.63, 3.8) is 0 Å². The van der Waals surface area contributed by atoms with Crippen molar-refractivity contribution < 1.29 is 0 Å². The second kappa shape index (κ2) is 7.49. The highest BCUT2D eigenvalue weighted by atomic mass is 15.1. The molecule has 0 radical (unpaired) electrons. The summed E-state index contributed by atoms with van der Waals surface area (Å²) in [7, 11) is 4.32. The molecule has 0 aliphatic heterocycles. The van der Waals surface area contributed by atoms with Gasteiger partial charge in [-0.3, -0.25) is 4.98 Å². The Kier molecular flexibility index (Phi) is 6.30. The molecule has 2 unspecified atom stereocenters. The fourth-order valence-electron chi connectivity index (χ4n) is 2.10. The average Bonchev–Trinajstić information content (AvgIpc) is 2.34. The van der Waals surface area contributed by atoms with Gasteiger partial charge in [-0.15, -0.1) is 0 Å². The number of aromatic nitrogens is 1. The average molecular weight is 249 g/mol. The van der Waals surface area contributed by atoms with E-state index in [1.54, 1.807) is 0 Å². The van der Waals surface area contributed by atoms with Crippen molar-refractivity contribution in [1.29, 1.82) is 0 Å². The molecule has 0 saturated carbocycles. The van der Waals surface area contributed by atoms with Crippen molar-refractivity contribution in [2.24, 2.45) is 5.92 Å². The van der Waals surface area contributed by atoms with Crippen LogP contribution < -0.4 is 5.32 Å². The molecule has 0 spiro atoms. The van der Waals surface area contributed by atoms with Gasteiger partial charge in [0.05, 0.1) is 0 Å². The van der Waals surface area contributed by atoms with Gasteiger partial charge >= 0.3 is 0 Å². The second-order valence-electron chi connectivity index (χ2n) is 5.66. The summed E-state index contributed by atoms with van der Waals surface area (Å²) in [4.78, 5) is 6.37. The van der Waals surface area contributed by atoms with Crippen LogP contribution in [0.2, 0.25) is 0 Å². The molecule has 102 valence electrons. The zero-order valence-electron chi connectivity index (χ0n) is 12.4. The summed E-state index contributed by atoms with van der Waals surface area (Å²) in [5.41, 5.74) is 1.30. The van der Waals surface area contributed by atoms with E-state index in [1.165, 1.54) is 12.0 Å². The number of hydrogen-bond donors (Lipinski definition) is 1. The van der Waals surface area contributed by atoms with Crippen LogP contribution in [0.4, 0.5) is 0 Å². The topological polar surface area (TPSA) is 28.2 Å². The lowest BCUT2D eigenvalue weighted by Crippen LogP contribution is -2.39. The third-order valence-electron chi connectivity index (χ3n) is 3.34. The van der Waals surface area contributed by atoms with Crippen molar-refractivity contribution in [2.45, 2.75) is 39.3 Å². The van der Waals surface area contributed by atoms with Gasteiger partial charge < -0.3 is 10.2 Å². The Balaban J connectivity index is 2.47. The number of likely N-dealkylation sites (N-methyl/N-ethyl adjacent to an activating group) is 1. The van der Waals surface area contributed by atoms with Crippen molar-refractivity contribution in [2.75, 3.05) is 20.6 Å². The highest BCUT2D eigenvalue weighted by Gasteiger charge is 2.14. The van der Waals surface area contributed by atoms with E-state index < -0.39 is 0 Å². The molecule has 0 aliphatic carbocycles. The largest absolute Gasteiger partial charge is 0.309 e. The fourth-order valence-corrected chi connectivity index (χ4v) is 2.10. The molecule has 0 saturated heterocycles. The van der Waals surface area contributed by atoms with E-state index in [-0.39, 0.29) is 0 Å². The lowest BCUT2D eigenvalue weighted by atomic mass is 10.0. The van der Waals surface area contributed by atoms with Crippen molar-refractivity contribution in [1.82, 2.24) is 15.2 Å². The highest BCUT2D eigenvalue weighted by Crippen LogP contribution is 2.13. The Bertz CT molecular complexity index is 322. The molecule has 1 N–H and O–H groups in total. The van der Waals surface area contributed by atoms with Gasteiger partial charge in [0.1, 0.15) is 0 Å². The minimum atomic E-state index is 0.377. The summed E-state index contributed by atoms with van der Waals surface area (Å²) >= 11 is 0. The van der Waals surface area contributed by atoms with Crippen LogP contribution in [0.15, 0.2) is 24.5 Å². The first-order valence-electron chi connectivity index (χ1n) is 6.80. The lowest BCUT2D eigenvalue weighted by molar-refractivity contribution is 0.242. The van der Waals surface area contributed by atoms with Gasteiger partial charge in [0, 0.05) is 31.0 Å². The van der Waals surface area contributed by atoms with E-state index >= 15 is 0 Å². The number of nitrogens with one attached hydrogen (secondary N) is 1.